The molecule has 0 radical (unpaired) electrons. The van der Waals surface area contributed by atoms with Crippen LogP contribution in [0, 0.1) is 11.2 Å². The Bertz CT molecular complexity index is 407. The Balaban J connectivity index is 2.22. The summed E-state index contributed by atoms with van der Waals surface area (Å²) in [6.45, 7) is 6.81. The van der Waals surface area contributed by atoms with Gasteiger partial charge in [0, 0.05) is 19.6 Å². The Hall–Kier alpha value is -1.17. The monoisotopic (exact) mass is 298 g/mol. The summed E-state index contributed by atoms with van der Waals surface area (Å²) in [5, 5.41) is 13.1. The molecule has 21 heavy (non-hydrogen) atoms. The number of aliphatic hydroxyl groups is 1. The Morgan fingerprint density at radius 3 is 2.48 bits per heavy atom. The van der Waals surface area contributed by atoms with Crippen LogP contribution in [0.5, 0.6) is 5.75 Å². The highest BCUT2D eigenvalue weighted by molar-refractivity contribution is 5.22. The van der Waals surface area contributed by atoms with E-state index in [1.165, 1.54) is 12.1 Å². The first kappa shape index (κ1) is 17.9. The van der Waals surface area contributed by atoms with Crippen molar-refractivity contribution in [3.8, 4) is 5.75 Å². The molecule has 1 atom stereocenters. The van der Waals surface area contributed by atoms with Gasteiger partial charge in [-0.1, -0.05) is 13.8 Å². The molecule has 0 saturated heterocycles. The van der Waals surface area contributed by atoms with E-state index in [9.17, 15) is 9.50 Å². The molecule has 0 fully saturated rings. The number of hydrogen-bond donors (Lipinski definition) is 2. The van der Waals surface area contributed by atoms with Crippen LogP contribution in [-0.2, 0) is 0 Å². The van der Waals surface area contributed by atoms with E-state index in [-0.39, 0.29) is 17.8 Å². The van der Waals surface area contributed by atoms with Crippen LogP contribution in [0.4, 0.5) is 4.39 Å². The van der Waals surface area contributed by atoms with Gasteiger partial charge in [-0.15, -0.1) is 0 Å². The minimum absolute atomic E-state index is 0.140. The highest BCUT2D eigenvalue weighted by Gasteiger charge is 2.18. The number of nitrogens with one attached hydrogen (secondary N) is 1. The summed E-state index contributed by atoms with van der Waals surface area (Å²) in [7, 11) is 4.10. The topological polar surface area (TPSA) is 44.7 Å². The number of halogens is 1. The van der Waals surface area contributed by atoms with Gasteiger partial charge in [0.15, 0.2) is 0 Å². The van der Waals surface area contributed by atoms with Gasteiger partial charge in [-0.3, -0.25) is 0 Å². The van der Waals surface area contributed by atoms with E-state index in [1.807, 2.05) is 14.1 Å². The molecule has 2 N–H and O–H groups in total. The fourth-order valence-corrected chi connectivity index (χ4v) is 2.27. The molecule has 0 saturated carbocycles. The van der Waals surface area contributed by atoms with E-state index in [1.54, 1.807) is 12.1 Å². The molecule has 0 aliphatic carbocycles. The van der Waals surface area contributed by atoms with Crippen LogP contribution >= 0.6 is 0 Å². The van der Waals surface area contributed by atoms with Gasteiger partial charge in [0.25, 0.3) is 0 Å². The van der Waals surface area contributed by atoms with E-state index in [0.717, 1.165) is 13.1 Å². The Kier molecular flexibility index (Phi) is 7.08. The Labute approximate surface area is 126 Å². The third-order valence-corrected chi connectivity index (χ3v) is 2.98. The second-order valence-electron chi connectivity index (χ2n) is 6.45. The fourth-order valence-electron chi connectivity index (χ4n) is 2.27. The third-order valence-electron chi connectivity index (χ3n) is 2.98. The van der Waals surface area contributed by atoms with Crippen molar-refractivity contribution in [1.29, 1.82) is 0 Å². The van der Waals surface area contributed by atoms with E-state index in [0.29, 0.717) is 12.3 Å². The summed E-state index contributed by atoms with van der Waals surface area (Å²) in [6, 6.07) is 5.78. The molecule has 1 aromatic carbocycles. The van der Waals surface area contributed by atoms with Gasteiger partial charge in [-0.2, -0.15) is 0 Å². The van der Waals surface area contributed by atoms with E-state index >= 15 is 0 Å². The highest BCUT2D eigenvalue weighted by Crippen LogP contribution is 2.14. The lowest BCUT2D eigenvalue weighted by molar-refractivity contribution is 0.102. The van der Waals surface area contributed by atoms with Gasteiger partial charge in [0.1, 0.15) is 24.3 Å². The van der Waals surface area contributed by atoms with Crippen LogP contribution in [0.1, 0.15) is 13.8 Å². The normalized spacial score (nSPS) is 13.5. The molecule has 0 aliphatic heterocycles. The van der Waals surface area contributed by atoms with Crippen LogP contribution in [0.15, 0.2) is 24.3 Å². The van der Waals surface area contributed by atoms with E-state index in [2.05, 4.69) is 24.1 Å². The molecule has 0 aliphatic rings. The van der Waals surface area contributed by atoms with Gasteiger partial charge in [-0.05, 0) is 43.8 Å². The second kappa shape index (κ2) is 8.32. The van der Waals surface area contributed by atoms with Crippen LogP contribution in [0.25, 0.3) is 0 Å². The van der Waals surface area contributed by atoms with Crippen molar-refractivity contribution in [3.63, 3.8) is 0 Å². The first-order valence-electron chi connectivity index (χ1n) is 7.20. The average Bonchev–Trinajstić information content (AvgIpc) is 2.36. The lowest BCUT2D eigenvalue weighted by Crippen LogP contribution is -2.41. The number of benzene rings is 1. The van der Waals surface area contributed by atoms with Crippen molar-refractivity contribution in [1.82, 2.24) is 10.2 Å². The third kappa shape index (κ3) is 7.99. The van der Waals surface area contributed by atoms with Crippen molar-refractivity contribution in [3.05, 3.63) is 30.1 Å². The predicted octanol–water partition coefficient (Wildman–Crippen LogP) is 1.74. The molecule has 0 amide bonds. The van der Waals surface area contributed by atoms with Crippen molar-refractivity contribution in [2.45, 2.75) is 20.0 Å². The summed E-state index contributed by atoms with van der Waals surface area (Å²) in [4.78, 5) is 2.15. The van der Waals surface area contributed by atoms with Gasteiger partial charge >= 0.3 is 0 Å². The first-order chi connectivity index (χ1) is 9.78. The number of nitrogens with zero attached hydrogens (tertiary/aromatic N) is 1. The zero-order valence-corrected chi connectivity index (χ0v) is 13.4. The number of hydrogen-bond acceptors (Lipinski definition) is 4. The first-order valence-corrected chi connectivity index (χ1v) is 7.20. The lowest BCUT2D eigenvalue weighted by atomic mass is 9.93. The number of rotatable bonds is 9. The fraction of sp³-hybridized carbons (Fsp3) is 0.625. The lowest BCUT2D eigenvalue weighted by Gasteiger charge is -2.29. The SMILES string of the molecule is CN(C)CC(C)(C)CNCC(O)COc1ccc(F)cc1. The Morgan fingerprint density at radius 1 is 1.29 bits per heavy atom. The zero-order valence-electron chi connectivity index (χ0n) is 13.4. The van der Waals surface area contributed by atoms with Crippen molar-refractivity contribution >= 4 is 0 Å². The molecule has 0 spiro atoms. The van der Waals surface area contributed by atoms with Crippen molar-refractivity contribution in [2.75, 3.05) is 40.3 Å². The molecule has 0 bridgehead atoms. The quantitative estimate of drug-likeness (QED) is 0.729. The summed E-state index contributed by atoms with van der Waals surface area (Å²) < 4.78 is 18.1. The maximum Gasteiger partial charge on any atom is 0.123 e. The maximum absolute atomic E-state index is 12.7. The molecule has 5 heteroatoms. The molecular formula is C16H27FN2O2. The average molecular weight is 298 g/mol. The van der Waals surface area contributed by atoms with Gasteiger partial charge in [0.2, 0.25) is 0 Å². The number of aliphatic hydroxyl groups excluding tert-OH is 1. The summed E-state index contributed by atoms with van der Waals surface area (Å²) in [5.41, 5.74) is 0.140. The largest absolute Gasteiger partial charge is 0.491 e. The summed E-state index contributed by atoms with van der Waals surface area (Å²) in [5.74, 6) is 0.260. The van der Waals surface area contributed by atoms with Crippen LogP contribution in [0.3, 0.4) is 0 Å². The molecule has 1 unspecified atom stereocenters. The van der Waals surface area contributed by atoms with Crippen LogP contribution < -0.4 is 10.1 Å². The molecule has 4 nitrogen and oxygen atoms in total. The molecule has 0 heterocycles. The van der Waals surface area contributed by atoms with Crippen molar-refractivity contribution in [2.24, 2.45) is 5.41 Å². The number of ether oxygens (including phenoxy) is 1. The Morgan fingerprint density at radius 2 is 1.90 bits per heavy atom. The van der Waals surface area contributed by atoms with Crippen LogP contribution in [0.2, 0.25) is 0 Å². The summed E-state index contributed by atoms with van der Waals surface area (Å²) in [6.07, 6.45) is -0.592. The highest BCUT2D eigenvalue weighted by atomic mass is 19.1. The smallest absolute Gasteiger partial charge is 0.123 e. The van der Waals surface area contributed by atoms with E-state index < -0.39 is 6.10 Å². The minimum atomic E-state index is -0.592. The summed E-state index contributed by atoms with van der Waals surface area (Å²) >= 11 is 0. The molecule has 1 aromatic rings. The van der Waals surface area contributed by atoms with Gasteiger partial charge in [-0.25, -0.2) is 4.39 Å². The minimum Gasteiger partial charge on any atom is -0.491 e. The van der Waals surface area contributed by atoms with E-state index in [4.69, 9.17) is 4.74 Å². The standard InChI is InChI=1S/C16H27FN2O2/c1-16(2,12-19(3)4)11-18-9-14(20)10-21-15-7-5-13(17)6-8-15/h5-8,14,18,20H,9-12H2,1-4H3. The second-order valence-corrected chi connectivity index (χ2v) is 6.45. The van der Waals surface area contributed by atoms with Crippen molar-refractivity contribution < 1.29 is 14.2 Å². The zero-order chi connectivity index (χ0) is 15.9. The van der Waals surface area contributed by atoms with Crippen LogP contribution in [-0.4, -0.2) is 56.4 Å². The van der Waals surface area contributed by atoms with Gasteiger partial charge in [0.05, 0.1) is 0 Å². The van der Waals surface area contributed by atoms with Gasteiger partial charge < -0.3 is 20.1 Å². The molecular weight excluding hydrogens is 271 g/mol. The molecule has 1 rings (SSSR count). The molecule has 120 valence electrons. The molecule has 0 aromatic heterocycles. The maximum atomic E-state index is 12.7. The predicted molar refractivity (Wildman–Crippen MR) is 83.1 cm³/mol.